The van der Waals surface area contributed by atoms with Gasteiger partial charge < -0.3 is 9.84 Å². The largest absolute Gasteiger partial charge is 0.468 e. The third-order valence-electron chi connectivity index (χ3n) is 5.99. The Kier molecular flexibility index (Phi) is 4.72. The van der Waals surface area contributed by atoms with E-state index < -0.39 is 47.8 Å². The quantitative estimate of drug-likeness (QED) is 0.600. The molecule has 4 rings (SSSR count). The summed E-state index contributed by atoms with van der Waals surface area (Å²) in [5, 5.41) is 13.3. The highest BCUT2D eigenvalue weighted by atomic mass is 16.5. The van der Waals surface area contributed by atoms with E-state index in [1.54, 1.807) is 30.3 Å². The number of nitrogens with one attached hydrogen (secondary N) is 1. The summed E-state index contributed by atoms with van der Waals surface area (Å²) >= 11 is 0. The molecule has 7 heteroatoms. The van der Waals surface area contributed by atoms with Gasteiger partial charge in [0, 0.05) is 6.04 Å². The molecule has 29 heavy (non-hydrogen) atoms. The maximum Gasteiger partial charge on any atom is 0.329 e. The van der Waals surface area contributed by atoms with Crippen molar-refractivity contribution < 1.29 is 24.2 Å². The smallest absolute Gasteiger partial charge is 0.329 e. The lowest BCUT2D eigenvalue weighted by Gasteiger charge is -2.30. The van der Waals surface area contributed by atoms with Crippen LogP contribution in [0.25, 0.3) is 0 Å². The fourth-order valence-corrected chi connectivity index (χ4v) is 4.62. The van der Waals surface area contributed by atoms with Gasteiger partial charge in [-0.05, 0) is 30.2 Å². The molecular weight excluding hydrogens is 372 g/mol. The van der Waals surface area contributed by atoms with Crippen molar-refractivity contribution in [3.05, 3.63) is 65.7 Å². The molecule has 2 fully saturated rings. The zero-order valence-corrected chi connectivity index (χ0v) is 16.2. The van der Waals surface area contributed by atoms with Gasteiger partial charge in [-0.15, -0.1) is 0 Å². The van der Waals surface area contributed by atoms with Crippen molar-refractivity contribution in [2.45, 2.75) is 18.5 Å². The number of hydrogen-bond donors (Lipinski definition) is 2. The van der Waals surface area contributed by atoms with Crippen molar-refractivity contribution in [3.8, 4) is 0 Å². The number of hydrogen-bond acceptors (Lipinski definition) is 6. The molecule has 2 N–H and O–H groups in total. The molecular formula is C22H22N2O5. The highest BCUT2D eigenvalue weighted by Crippen LogP contribution is 2.50. The molecule has 4 atom stereocenters. The van der Waals surface area contributed by atoms with E-state index in [0.29, 0.717) is 5.69 Å². The first-order valence-electron chi connectivity index (χ1n) is 9.41. The lowest BCUT2D eigenvalue weighted by Crippen LogP contribution is -2.59. The van der Waals surface area contributed by atoms with Gasteiger partial charge in [0.1, 0.15) is 0 Å². The number of imide groups is 1. The Morgan fingerprint density at radius 3 is 2.38 bits per heavy atom. The third kappa shape index (κ3) is 2.69. The van der Waals surface area contributed by atoms with Gasteiger partial charge in [0.05, 0.1) is 31.2 Å². The van der Waals surface area contributed by atoms with E-state index in [1.165, 1.54) is 7.11 Å². The summed E-state index contributed by atoms with van der Waals surface area (Å²) in [6.07, 6.45) is 0. The van der Waals surface area contributed by atoms with E-state index in [4.69, 9.17) is 4.74 Å². The van der Waals surface area contributed by atoms with E-state index in [1.807, 2.05) is 31.2 Å². The molecule has 7 nitrogen and oxygen atoms in total. The summed E-state index contributed by atoms with van der Waals surface area (Å²) in [6, 6.07) is 15.5. The Hall–Kier alpha value is -3.03. The van der Waals surface area contributed by atoms with Crippen molar-refractivity contribution in [1.29, 1.82) is 0 Å². The Bertz CT molecular complexity index is 976. The molecule has 0 spiro atoms. The van der Waals surface area contributed by atoms with E-state index in [0.717, 1.165) is 16.0 Å². The number of amides is 2. The van der Waals surface area contributed by atoms with Gasteiger partial charge in [0.25, 0.3) is 0 Å². The van der Waals surface area contributed by atoms with E-state index in [-0.39, 0.29) is 0 Å². The van der Waals surface area contributed by atoms with Gasteiger partial charge in [-0.2, -0.15) is 0 Å². The molecule has 0 saturated carbocycles. The van der Waals surface area contributed by atoms with Crippen molar-refractivity contribution in [2.24, 2.45) is 11.8 Å². The minimum atomic E-state index is -1.69. The van der Waals surface area contributed by atoms with Crippen LogP contribution >= 0.6 is 0 Å². The summed E-state index contributed by atoms with van der Waals surface area (Å²) in [4.78, 5) is 40.7. The number of ether oxygens (including phenoxy) is 1. The Morgan fingerprint density at radius 1 is 1.10 bits per heavy atom. The minimum absolute atomic E-state index is 0.397. The maximum absolute atomic E-state index is 13.4. The molecule has 0 bridgehead atoms. The highest BCUT2D eigenvalue weighted by molar-refractivity contribution is 6.24. The van der Waals surface area contributed by atoms with Crippen molar-refractivity contribution >= 4 is 23.5 Å². The van der Waals surface area contributed by atoms with E-state index >= 15 is 0 Å². The first-order valence-corrected chi connectivity index (χ1v) is 9.41. The average molecular weight is 394 g/mol. The molecule has 150 valence electrons. The van der Waals surface area contributed by atoms with Crippen LogP contribution in [-0.4, -0.2) is 42.1 Å². The molecule has 0 aromatic heterocycles. The van der Waals surface area contributed by atoms with Gasteiger partial charge in [-0.25, -0.2) is 9.69 Å². The van der Waals surface area contributed by atoms with Crippen molar-refractivity contribution in [3.63, 3.8) is 0 Å². The van der Waals surface area contributed by atoms with Crippen LogP contribution < -0.4 is 10.2 Å². The van der Waals surface area contributed by atoms with Crippen LogP contribution in [0.5, 0.6) is 0 Å². The lowest BCUT2D eigenvalue weighted by molar-refractivity contribution is -0.154. The number of rotatable bonds is 4. The molecule has 0 radical (unpaired) electrons. The SMILES string of the molecule is COC(=O)[C@]1(CO)N[C@H](c2ccccc2C)[C@@H]2C(=O)N(c3ccccc3)C(=O)[C@@H]21. The highest BCUT2D eigenvalue weighted by Gasteiger charge is 2.69. The summed E-state index contributed by atoms with van der Waals surface area (Å²) in [5.41, 5.74) is 0.471. The number of aliphatic hydroxyl groups excluding tert-OH is 1. The molecule has 2 saturated heterocycles. The number of esters is 1. The Morgan fingerprint density at radius 2 is 1.76 bits per heavy atom. The average Bonchev–Trinajstić information content (AvgIpc) is 3.23. The fraction of sp³-hybridized carbons (Fsp3) is 0.318. The second-order valence-corrected chi connectivity index (χ2v) is 7.45. The van der Waals surface area contributed by atoms with E-state index in [2.05, 4.69) is 5.32 Å². The molecule has 2 aliphatic rings. The maximum atomic E-state index is 13.4. The van der Waals surface area contributed by atoms with Crippen LogP contribution in [0.4, 0.5) is 5.69 Å². The standard InChI is InChI=1S/C22H22N2O5/c1-13-8-6-7-11-15(13)18-16-17(22(12-25,23-18)21(28)29-2)20(27)24(19(16)26)14-9-4-3-5-10-14/h3-11,16-18,23,25H,12H2,1-2H3/t16-,17-,18-,22-/m1/s1. The topological polar surface area (TPSA) is 95.9 Å². The zero-order valence-electron chi connectivity index (χ0n) is 16.2. The molecule has 0 unspecified atom stereocenters. The third-order valence-corrected chi connectivity index (χ3v) is 5.99. The number of benzene rings is 2. The second kappa shape index (κ2) is 7.09. The number of methoxy groups -OCH3 is 1. The molecule has 0 aliphatic carbocycles. The van der Waals surface area contributed by atoms with Crippen LogP contribution in [0.15, 0.2) is 54.6 Å². The lowest BCUT2D eigenvalue weighted by atomic mass is 9.79. The van der Waals surface area contributed by atoms with Crippen LogP contribution in [0, 0.1) is 18.8 Å². The predicted molar refractivity (Wildman–Crippen MR) is 105 cm³/mol. The van der Waals surface area contributed by atoms with Gasteiger partial charge in [-0.1, -0.05) is 42.5 Å². The van der Waals surface area contributed by atoms with Crippen molar-refractivity contribution in [1.82, 2.24) is 5.32 Å². The van der Waals surface area contributed by atoms with Crippen LogP contribution in [-0.2, 0) is 19.1 Å². The monoisotopic (exact) mass is 394 g/mol. The van der Waals surface area contributed by atoms with Gasteiger partial charge in [0.15, 0.2) is 5.54 Å². The van der Waals surface area contributed by atoms with Gasteiger partial charge in [0.2, 0.25) is 11.8 Å². The molecule has 2 aromatic rings. The first kappa shape index (κ1) is 19.3. The number of aliphatic hydroxyl groups is 1. The van der Waals surface area contributed by atoms with Crippen molar-refractivity contribution in [2.75, 3.05) is 18.6 Å². The molecule has 2 aromatic carbocycles. The number of nitrogens with zero attached hydrogens (tertiary/aromatic N) is 1. The second-order valence-electron chi connectivity index (χ2n) is 7.45. The van der Waals surface area contributed by atoms with Crippen LogP contribution in [0.2, 0.25) is 0 Å². The van der Waals surface area contributed by atoms with Gasteiger partial charge in [-0.3, -0.25) is 14.9 Å². The number of para-hydroxylation sites is 1. The minimum Gasteiger partial charge on any atom is -0.468 e. The molecule has 2 heterocycles. The summed E-state index contributed by atoms with van der Waals surface area (Å²) in [6.45, 7) is 1.24. The van der Waals surface area contributed by atoms with Crippen LogP contribution in [0.3, 0.4) is 0 Å². The predicted octanol–water partition coefficient (Wildman–Crippen LogP) is 1.35. The summed E-state index contributed by atoms with van der Waals surface area (Å²) in [7, 11) is 1.20. The summed E-state index contributed by atoms with van der Waals surface area (Å²) in [5.74, 6) is -3.59. The normalized spacial score (nSPS) is 28.5. The number of fused-ring (bicyclic) bond motifs is 1. The Balaban J connectivity index is 1.88. The number of carbonyl (C=O) groups excluding carboxylic acids is 3. The molecule has 2 amide bonds. The number of anilines is 1. The van der Waals surface area contributed by atoms with Crippen LogP contribution in [0.1, 0.15) is 17.2 Å². The molecule has 2 aliphatic heterocycles. The zero-order chi connectivity index (χ0) is 20.8. The first-order chi connectivity index (χ1) is 14.0. The number of carbonyl (C=O) groups is 3. The Labute approximate surface area is 168 Å². The van der Waals surface area contributed by atoms with Gasteiger partial charge >= 0.3 is 5.97 Å². The fourth-order valence-electron chi connectivity index (χ4n) is 4.62. The summed E-state index contributed by atoms with van der Waals surface area (Å²) < 4.78 is 4.93. The number of aryl methyl sites for hydroxylation is 1. The van der Waals surface area contributed by atoms with E-state index in [9.17, 15) is 19.5 Å².